The molecule has 17 heavy (non-hydrogen) atoms. The van der Waals surface area contributed by atoms with Crippen LogP contribution in [-0.4, -0.2) is 34.2 Å². The SMILES string of the molecule is Cc1nc(Cl)c(C=O)c(SC2CCOC2C)n1. The Hall–Kier alpha value is -0.650. The molecule has 1 saturated heterocycles. The fraction of sp³-hybridized carbons (Fsp3) is 0.545. The topological polar surface area (TPSA) is 52.1 Å². The molecule has 0 aliphatic carbocycles. The van der Waals surface area contributed by atoms with E-state index >= 15 is 0 Å². The van der Waals surface area contributed by atoms with Crippen molar-refractivity contribution >= 4 is 29.6 Å². The van der Waals surface area contributed by atoms with Crippen LogP contribution in [0, 0.1) is 6.92 Å². The van der Waals surface area contributed by atoms with E-state index in [-0.39, 0.29) is 11.3 Å². The minimum atomic E-state index is 0.175. The molecule has 6 heteroatoms. The lowest BCUT2D eigenvalue weighted by atomic mass is 10.3. The van der Waals surface area contributed by atoms with Crippen LogP contribution in [0.3, 0.4) is 0 Å². The standard InChI is InChI=1S/C11H13ClN2O2S/c1-6-9(3-4-16-6)17-11-8(5-15)10(12)13-7(2)14-11/h5-6,9H,3-4H2,1-2H3. The van der Waals surface area contributed by atoms with Crippen LogP contribution in [0.15, 0.2) is 5.03 Å². The van der Waals surface area contributed by atoms with Crippen molar-refractivity contribution in [1.82, 2.24) is 9.97 Å². The van der Waals surface area contributed by atoms with E-state index in [4.69, 9.17) is 16.3 Å². The third-order valence-corrected chi connectivity index (χ3v) is 4.41. The Kier molecular flexibility index (Phi) is 4.01. The Labute approximate surface area is 109 Å². The summed E-state index contributed by atoms with van der Waals surface area (Å²) in [6, 6.07) is 0. The fourth-order valence-corrected chi connectivity index (χ4v) is 3.26. The van der Waals surface area contributed by atoms with Gasteiger partial charge in [0, 0.05) is 11.9 Å². The maximum absolute atomic E-state index is 11.0. The highest BCUT2D eigenvalue weighted by Crippen LogP contribution is 2.34. The van der Waals surface area contributed by atoms with Gasteiger partial charge in [-0.25, -0.2) is 9.97 Å². The van der Waals surface area contributed by atoms with Crippen LogP contribution in [0.4, 0.5) is 0 Å². The summed E-state index contributed by atoms with van der Waals surface area (Å²) in [6.45, 7) is 4.55. The lowest BCUT2D eigenvalue weighted by molar-refractivity contribution is 0.111. The van der Waals surface area contributed by atoms with E-state index in [9.17, 15) is 4.79 Å². The summed E-state index contributed by atoms with van der Waals surface area (Å²) >= 11 is 7.48. The van der Waals surface area contributed by atoms with Crippen molar-refractivity contribution < 1.29 is 9.53 Å². The van der Waals surface area contributed by atoms with Crippen molar-refractivity contribution in [3.8, 4) is 0 Å². The maximum Gasteiger partial charge on any atom is 0.155 e. The van der Waals surface area contributed by atoms with Crippen molar-refractivity contribution in [2.45, 2.75) is 36.6 Å². The molecular weight excluding hydrogens is 260 g/mol. The normalized spacial score (nSPS) is 23.9. The van der Waals surface area contributed by atoms with Gasteiger partial charge in [0.1, 0.15) is 16.0 Å². The van der Waals surface area contributed by atoms with Gasteiger partial charge in [-0.15, -0.1) is 0 Å². The van der Waals surface area contributed by atoms with Gasteiger partial charge in [-0.1, -0.05) is 23.4 Å². The summed E-state index contributed by atoms with van der Waals surface area (Å²) in [6.07, 6.45) is 1.85. The maximum atomic E-state index is 11.0. The average Bonchev–Trinajstić information content (AvgIpc) is 2.64. The molecule has 0 spiro atoms. The van der Waals surface area contributed by atoms with Gasteiger partial charge in [-0.2, -0.15) is 0 Å². The molecule has 2 atom stereocenters. The Balaban J connectivity index is 2.28. The van der Waals surface area contributed by atoms with E-state index in [0.717, 1.165) is 13.0 Å². The minimum Gasteiger partial charge on any atom is -0.377 e. The highest BCUT2D eigenvalue weighted by atomic mass is 35.5. The molecule has 1 aromatic rings. The summed E-state index contributed by atoms with van der Waals surface area (Å²) in [5.74, 6) is 0.578. The molecule has 0 N–H and O–H groups in total. The number of aromatic nitrogens is 2. The summed E-state index contributed by atoms with van der Waals surface area (Å²) in [7, 11) is 0. The predicted octanol–water partition coefficient (Wildman–Crippen LogP) is 2.52. The first-order valence-electron chi connectivity index (χ1n) is 5.39. The predicted molar refractivity (Wildman–Crippen MR) is 66.8 cm³/mol. The van der Waals surface area contributed by atoms with E-state index in [1.807, 2.05) is 6.92 Å². The average molecular weight is 273 g/mol. The van der Waals surface area contributed by atoms with E-state index in [1.165, 1.54) is 0 Å². The number of aldehydes is 1. The van der Waals surface area contributed by atoms with Gasteiger partial charge in [0.05, 0.1) is 11.7 Å². The van der Waals surface area contributed by atoms with E-state index in [2.05, 4.69) is 9.97 Å². The van der Waals surface area contributed by atoms with Gasteiger partial charge in [0.25, 0.3) is 0 Å². The fourth-order valence-electron chi connectivity index (χ4n) is 1.72. The molecule has 4 nitrogen and oxygen atoms in total. The van der Waals surface area contributed by atoms with Crippen molar-refractivity contribution in [2.24, 2.45) is 0 Å². The minimum absolute atomic E-state index is 0.175. The van der Waals surface area contributed by atoms with Crippen molar-refractivity contribution in [1.29, 1.82) is 0 Å². The number of halogens is 1. The van der Waals surface area contributed by atoms with Gasteiger partial charge < -0.3 is 4.74 Å². The van der Waals surface area contributed by atoms with Gasteiger partial charge in [0.2, 0.25) is 0 Å². The third kappa shape index (κ3) is 2.78. The Morgan fingerprint density at radius 2 is 2.29 bits per heavy atom. The van der Waals surface area contributed by atoms with Crippen molar-refractivity contribution in [2.75, 3.05) is 6.61 Å². The Bertz CT molecular complexity index is 442. The molecule has 2 rings (SSSR count). The number of carbonyl (C=O) groups excluding carboxylic acids is 1. The molecule has 2 heterocycles. The van der Waals surface area contributed by atoms with Crippen LogP contribution in [0.2, 0.25) is 5.15 Å². The Morgan fingerprint density at radius 3 is 2.88 bits per heavy atom. The molecule has 1 fully saturated rings. The van der Waals surface area contributed by atoms with E-state index < -0.39 is 0 Å². The number of hydrogen-bond donors (Lipinski definition) is 0. The third-order valence-electron chi connectivity index (χ3n) is 2.66. The summed E-state index contributed by atoms with van der Waals surface area (Å²) in [5.41, 5.74) is 0.376. The molecule has 0 radical (unpaired) electrons. The smallest absolute Gasteiger partial charge is 0.155 e. The van der Waals surface area contributed by atoms with Gasteiger partial charge in [-0.05, 0) is 20.3 Å². The zero-order valence-electron chi connectivity index (χ0n) is 9.64. The largest absolute Gasteiger partial charge is 0.377 e. The van der Waals surface area contributed by atoms with Crippen molar-refractivity contribution in [3.05, 3.63) is 16.5 Å². The number of hydrogen-bond acceptors (Lipinski definition) is 5. The molecule has 0 aromatic carbocycles. The van der Waals surface area contributed by atoms with Crippen LogP contribution < -0.4 is 0 Å². The quantitative estimate of drug-likeness (QED) is 0.625. The second-order valence-electron chi connectivity index (χ2n) is 3.92. The molecule has 92 valence electrons. The van der Waals surface area contributed by atoms with Crippen LogP contribution in [0.25, 0.3) is 0 Å². The summed E-state index contributed by atoms with van der Waals surface area (Å²) in [5, 5.41) is 1.19. The summed E-state index contributed by atoms with van der Waals surface area (Å²) in [4.78, 5) is 19.3. The monoisotopic (exact) mass is 272 g/mol. The number of nitrogens with zero attached hydrogens (tertiary/aromatic N) is 2. The van der Waals surface area contributed by atoms with Gasteiger partial charge >= 0.3 is 0 Å². The molecule has 1 aliphatic rings. The molecule has 2 unspecified atom stereocenters. The van der Waals surface area contributed by atoms with E-state index in [0.29, 0.717) is 27.9 Å². The van der Waals surface area contributed by atoms with Gasteiger partial charge in [0.15, 0.2) is 6.29 Å². The zero-order valence-corrected chi connectivity index (χ0v) is 11.2. The second kappa shape index (κ2) is 5.33. The first kappa shape index (κ1) is 12.8. The Morgan fingerprint density at radius 1 is 1.53 bits per heavy atom. The molecule has 0 amide bonds. The van der Waals surface area contributed by atoms with Crippen LogP contribution >= 0.6 is 23.4 Å². The molecule has 1 aliphatic heterocycles. The zero-order chi connectivity index (χ0) is 12.4. The number of thioether (sulfide) groups is 1. The number of aryl methyl sites for hydroxylation is 1. The summed E-state index contributed by atoms with van der Waals surface area (Å²) < 4.78 is 5.49. The van der Waals surface area contributed by atoms with E-state index in [1.54, 1.807) is 18.7 Å². The molecular formula is C11H13ClN2O2S. The number of ether oxygens (including phenoxy) is 1. The van der Waals surface area contributed by atoms with Crippen molar-refractivity contribution in [3.63, 3.8) is 0 Å². The number of carbonyl (C=O) groups is 1. The lowest BCUT2D eigenvalue weighted by Crippen LogP contribution is -2.14. The first-order valence-corrected chi connectivity index (χ1v) is 6.65. The van der Waals surface area contributed by atoms with Crippen LogP contribution in [0.5, 0.6) is 0 Å². The molecule has 1 aromatic heterocycles. The highest BCUT2D eigenvalue weighted by molar-refractivity contribution is 8.00. The highest BCUT2D eigenvalue weighted by Gasteiger charge is 2.27. The van der Waals surface area contributed by atoms with Gasteiger partial charge in [-0.3, -0.25) is 4.79 Å². The first-order chi connectivity index (χ1) is 8.11. The number of rotatable bonds is 3. The second-order valence-corrected chi connectivity index (χ2v) is 5.51. The van der Waals surface area contributed by atoms with Crippen LogP contribution in [0.1, 0.15) is 29.5 Å². The molecule has 0 bridgehead atoms. The molecule has 0 saturated carbocycles. The van der Waals surface area contributed by atoms with Crippen LogP contribution in [-0.2, 0) is 4.74 Å². The lowest BCUT2D eigenvalue weighted by Gasteiger charge is -2.14.